The first-order chi connectivity index (χ1) is 15.0. The predicted molar refractivity (Wildman–Crippen MR) is 127 cm³/mol. The first kappa shape index (κ1) is 23.4. The minimum absolute atomic E-state index is 0.216. The van der Waals surface area contributed by atoms with Crippen molar-refractivity contribution in [2.24, 2.45) is 10.2 Å². The van der Waals surface area contributed by atoms with Gasteiger partial charge in [0.25, 0.3) is 5.91 Å². The third-order valence-electron chi connectivity index (χ3n) is 4.95. The number of carbonyl (C=O) groups excluding carboxylic acids is 1. The van der Waals surface area contributed by atoms with Crippen molar-refractivity contribution >= 4 is 33.8 Å². The van der Waals surface area contributed by atoms with Gasteiger partial charge in [-0.05, 0) is 40.8 Å². The van der Waals surface area contributed by atoms with Gasteiger partial charge in [0.05, 0.1) is 19.3 Å². The topological polar surface area (TPSA) is 97.2 Å². The van der Waals surface area contributed by atoms with Crippen molar-refractivity contribution in [3.8, 4) is 5.75 Å². The molecule has 1 N–H and O–H groups in total. The maximum atomic E-state index is 12.3. The summed E-state index contributed by atoms with van der Waals surface area (Å²) in [6.45, 7) is 6.27. The van der Waals surface area contributed by atoms with Crippen molar-refractivity contribution in [3.63, 3.8) is 0 Å². The maximum Gasteiger partial charge on any atom is 0.275 e. The molecule has 3 rings (SSSR count). The summed E-state index contributed by atoms with van der Waals surface area (Å²) in [7, 11) is -1.69. The van der Waals surface area contributed by atoms with E-state index < -0.39 is 15.9 Å². The Labute approximate surface area is 189 Å². The summed E-state index contributed by atoms with van der Waals surface area (Å²) in [4.78, 5) is 12.3. The lowest BCUT2D eigenvalue weighted by atomic mass is 9.81. The Hall–Kier alpha value is -3.26. The number of methoxy groups -OCH3 is 1. The van der Waals surface area contributed by atoms with Crippen LogP contribution in [-0.4, -0.2) is 27.7 Å². The highest BCUT2D eigenvalue weighted by Crippen LogP contribution is 2.38. The summed E-state index contributed by atoms with van der Waals surface area (Å²) >= 11 is 0. The summed E-state index contributed by atoms with van der Waals surface area (Å²) in [6, 6.07) is 11.0. The molecule has 8 heteroatoms. The van der Waals surface area contributed by atoms with Gasteiger partial charge in [0.1, 0.15) is 5.75 Å². The molecule has 2 aromatic rings. The van der Waals surface area contributed by atoms with Crippen LogP contribution in [0.5, 0.6) is 5.75 Å². The largest absolute Gasteiger partial charge is 0.496 e. The monoisotopic (exact) mass is 453 g/mol. The van der Waals surface area contributed by atoms with Crippen LogP contribution < -0.4 is 9.46 Å². The van der Waals surface area contributed by atoms with Crippen molar-refractivity contribution in [3.05, 3.63) is 70.9 Å². The second kappa shape index (κ2) is 9.08. The summed E-state index contributed by atoms with van der Waals surface area (Å²) in [5, 5.41) is 7.36. The van der Waals surface area contributed by atoms with E-state index in [-0.39, 0.29) is 11.3 Å². The summed E-state index contributed by atoms with van der Waals surface area (Å²) in [6.07, 6.45) is 8.23. The fourth-order valence-corrected chi connectivity index (χ4v) is 4.00. The van der Waals surface area contributed by atoms with Gasteiger partial charge < -0.3 is 4.74 Å². The van der Waals surface area contributed by atoms with Crippen LogP contribution >= 0.6 is 0 Å². The van der Waals surface area contributed by atoms with E-state index in [0.29, 0.717) is 5.69 Å². The van der Waals surface area contributed by atoms with E-state index in [1.807, 2.05) is 36.4 Å². The van der Waals surface area contributed by atoms with Crippen LogP contribution in [0.3, 0.4) is 0 Å². The molecule has 1 unspecified atom stereocenters. The molecular formula is C24H27N3O4S. The third kappa shape index (κ3) is 5.70. The quantitative estimate of drug-likeness (QED) is 0.614. The first-order valence-corrected chi connectivity index (χ1v) is 12.0. The molecule has 0 spiro atoms. The predicted octanol–water partition coefficient (Wildman–Crippen LogP) is 5.12. The van der Waals surface area contributed by atoms with Gasteiger partial charge in [-0.15, -0.1) is 5.11 Å². The van der Waals surface area contributed by atoms with Crippen LogP contribution in [0.25, 0.3) is 12.2 Å². The van der Waals surface area contributed by atoms with E-state index in [9.17, 15) is 13.2 Å². The number of rotatable bonds is 6. The molecule has 0 saturated heterocycles. The number of azo groups is 1. The van der Waals surface area contributed by atoms with Crippen LogP contribution in [-0.2, 0) is 20.2 Å². The molecule has 1 amide bonds. The fourth-order valence-electron chi connectivity index (χ4n) is 3.44. The van der Waals surface area contributed by atoms with Crippen molar-refractivity contribution < 1.29 is 17.9 Å². The molecule has 1 atom stereocenters. The average molecular weight is 454 g/mol. The average Bonchev–Trinajstić information content (AvgIpc) is 2.71. The number of nitrogens with one attached hydrogen (secondary N) is 1. The Balaban J connectivity index is 2.02. The van der Waals surface area contributed by atoms with Gasteiger partial charge in [-0.25, -0.2) is 8.42 Å². The highest BCUT2D eigenvalue weighted by atomic mass is 32.2. The third-order valence-corrected chi connectivity index (χ3v) is 5.55. The fraction of sp³-hybridized carbons (Fsp3) is 0.292. The smallest absolute Gasteiger partial charge is 0.275 e. The number of nitrogens with zero attached hydrogens (tertiary/aromatic N) is 2. The minimum atomic E-state index is -3.33. The molecule has 1 aliphatic rings. The Bertz CT molecular complexity index is 1210. The molecular weight excluding hydrogens is 426 g/mol. The summed E-state index contributed by atoms with van der Waals surface area (Å²) < 4.78 is 31.0. The van der Waals surface area contributed by atoms with Gasteiger partial charge in [0, 0.05) is 23.0 Å². The van der Waals surface area contributed by atoms with Crippen LogP contribution in [0.1, 0.15) is 48.9 Å². The van der Waals surface area contributed by atoms with Crippen molar-refractivity contribution in [2.45, 2.75) is 32.1 Å². The number of benzene rings is 2. The number of amides is 1. The number of sulfonamides is 1. The van der Waals surface area contributed by atoms with Crippen LogP contribution in [0.4, 0.5) is 5.69 Å². The van der Waals surface area contributed by atoms with Crippen molar-refractivity contribution in [1.29, 1.82) is 0 Å². The van der Waals surface area contributed by atoms with E-state index in [0.717, 1.165) is 34.3 Å². The molecule has 0 fully saturated rings. The highest BCUT2D eigenvalue weighted by Gasteiger charge is 2.26. The Morgan fingerprint density at radius 1 is 1.09 bits per heavy atom. The Kier molecular flexibility index (Phi) is 6.64. The standard InChI is InChI=1S/C24H27N3O4S/c1-24(2,3)21-15-18(20-12-13-25-26-23(20)28)14-17(22(21)31-4)9-6-16-7-10-19(11-8-16)27-32(5,29)30/h6-15,20,27H,1-5H3/b9-6+. The summed E-state index contributed by atoms with van der Waals surface area (Å²) in [5.41, 5.74) is 3.80. The van der Waals surface area contributed by atoms with Gasteiger partial charge in [0.2, 0.25) is 10.0 Å². The van der Waals surface area contributed by atoms with Gasteiger partial charge in [-0.3, -0.25) is 9.52 Å². The van der Waals surface area contributed by atoms with Gasteiger partial charge in [-0.2, -0.15) is 5.11 Å². The van der Waals surface area contributed by atoms with E-state index in [1.54, 1.807) is 25.3 Å². The van der Waals surface area contributed by atoms with E-state index >= 15 is 0 Å². The summed E-state index contributed by atoms with van der Waals surface area (Å²) in [5.74, 6) is -0.0591. The maximum absolute atomic E-state index is 12.3. The molecule has 168 valence electrons. The molecule has 7 nitrogen and oxygen atoms in total. The van der Waals surface area contributed by atoms with Gasteiger partial charge in [0.15, 0.2) is 0 Å². The normalized spacial score (nSPS) is 16.5. The first-order valence-electron chi connectivity index (χ1n) is 10.1. The number of hydrogen-bond donors (Lipinski definition) is 1. The zero-order valence-corrected chi connectivity index (χ0v) is 19.6. The number of hydrogen-bond acceptors (Lipinski definition) is 5. The lowest BCUT2D eigenvalue weighted by Gasteiger charge is -2.25. The van der Waals surface area contributed by atoms with Crippen molar-refractivity contribution in [2.75, 3.05) is 18.1 Å². The number of anilines is 1. The van der Waals surface area contributed by atoms with Gasteiger partial charge in [-0.1, -0.05) is 51.1 Å². The molecule has 0 aromatic heterocycles. The minimum Gasteiger partial charge on any atom is -0.496 e. The number of carbonyl (C=O) groups is 1. The molecule has 0 aliphatic carbocycles. The zero-order chi connectivity index (χ0) is 23.5. The van der Waals surface area contributed by atoms with Gasteiger partial charge >= 0.3 is 0 Å². The zero-order valence-electron chi connectivity index (χ0n) is 18.8. The Morgan fingerprint density at radius 2 is 1.78 bits per heavy atom. The van der Waals surface area contributed by atoms with Crippen LogP contribution in [0.15, 0.2) is 58.9 Å². The Morgan fingerprint density at radius 3 is 2.34 bits per heavy atom. The van der Waals surface area contributed by atoms with Crippen LogP contribution in [0.2, 0.25) is 0 Å². The van der Waals surface area contributed by atoms with E-state index in [4.69, 9.17) is 4.74 Å². The van der Waals surface area contributed by atoms with Crippen molar-refractivity contribution in [1.82, 2.24) is 0 Å². The SMILES string of the molecule is COc1c(/C=C/c2ccc(NS(C)(=O)=O)cc2)cc(C2C=CN=NC2=O)cc1C(C)(C)C. The molecule has 0 bridgehead atoms. The molecule has 2 aromatic carbocycles. The molecule has 0 radical (unpaired) electrons. The molecule has 32 heavy (non-hydrogen) atoms. The second-order valence-electron chi connectivity index (χ2n) is 8.64. The number of ether oxygens (including phenoxy) is 1. The van der Waals surface area contributed by atoms with E-state index in [2.05, 4.69) is 35.7 Å². The molecule has 0 saturated carbocycles. The van der Waals surface area contributed by atoms with E-state index in [1.165, 1.54) is 6.20 Å². The second-order valence-corrected chi connectivity index (χ2v) is 10.4. The van der Waals surface area contributed by atoms with Crippen LogP contribution in [0, 0.1) is 0 Å². The molecule has 1 aliphatic heterocycles. The molecule has 1 heterocycles. The highest BCUT2D eigenvalue weighted by molar-refractivity contribution is 7.92. The lowest BCUT2D eigenvalue weighted by Crippen LogP contribution is -2.16. The lowest BCUT2D eigenvalue weighted by molar-refractivity contribution is -0.118.